The molecule has 3 fully saturated rings. The molecule has 2 unspecified atom stereocenters. The highest BCUT2D eigenvalue weighted by molar-refractivity contribution is 5.79. The lowest BCUT2D eigenvalue weighted by Gasteiger charge is -2.50. The Hall–Kier alpha value is -1.69. The van der Waals surface area contributed by atoms with Gasteiger partial charge in [-0.15, -0.1) is 0 Å². The van der Waals surface area contributed by atoms with Crippen LogP contribution < -0.4 is 4.90 Å². The maximum absolute atomic E-state index is 12.8. The normalized spacial score (nSPS) is 30.4. The summed E-state index contributed by atoms with van der Waals surface area (Å²) < 4.78 is 0. The Morgan fingerprint density at radius 1 is 1.20 bits per heavy atom. The molecule has 3 aliphatic rings. The lowest BCUT2D eigenvalue weighted by Crippen LogP contribution is -2.61. The average Bonchev–Trinajstić information content (AvgIpc) is 3.14. The van der Waals surface area contributed by atoms with Crippen molar-refractivity contribution in [3.05, 3.63) is 18.1 Å². The molecule has 6 heteroatoms. The van der Waals surface area contributed by atoms with E-state index in [4.69, 9.17) is 0 Å². The highest BCUT2D eigenvalue weighted by atomic mass is 16.3. The van der Waals surface area contributed by atoms with Crippen molar-refractivity contribution in [2.24, 2.45) is 11.8 Å². The Morgan fingerprint density at radius 2 is 1.96 bits per heavy atom. The predicted octanol–water partition coefficient (Wildman–Crippen LogP) is 1.76. The van der Waals surface area contributed by atoms with E-state index in [0.29, 0.717) is 25.4 Å². The van der Waals surface area contributed by atoms with Crippen LogP contribution >= 0.6 is 0 Å². The molecule has 0 aromatic carbocycles. The topological polar surface area (TPSA) is 69.6 Å². The second-order valence-corrected chi connectivity index (χ2v) is 8.03. The molecule has 6 nitrogen and oxygen atoms in total. The van der Waals surface area contributed by atoms with Crippen molar-refractivity contribution < 1.29 is 9.90 Å². The predicted molar refractivity (Wildman–Crippen MR) is 95.2 cm³/mol. The highest BCUT2D eigenvalue weighted by Crippen LogP contribution is 2.38. The maximum atomic E-state index is 12.8. The van der Waals surface area contributed by atoms with Gasteiger partial charge in [0, 0.05) is 49.8 Å². The number of hydrogen-bond acceptors (Lipinski definition) is 5. The zero-order chi connectivity index (χ0) is 17.4. The third-order valence-corrected chi connectivity index (χ3v) is 6.40. The SMILES string of the molecule is Cc1cc(N2CCC3(O)CCN(C(=O)C4CCCC4)CC3C2)ncn1. The molecule has 1 aromatic heterocycles. The molecule has 0 radical (unpaired) electrons. The summed E-state index contributed by atoms with van der Waals surface area (Å²) in [6.07, 6.45) is 7.48. The summed E-state index contributed by atoms with van der Waals surface area (Å²) in [6.45, 7) is 4.90. The minimum Gasteiger partial charge on any atom is -0.389 e. The first-order valence-corrected chi connectivity index (χ1v) is 9.60. The van der Waals surface area contributed by atoms with Gasteiger partial charge < -0.3 is 14.9 Å². The molecule has 1 N–H and O–H groups in total. The Balaban J connectivity index is 1.47. The van der Waals surface area contributed by atoms with Crippen LogP contribution in [-0.4, -0.2) is 57.7 Å². The van der Waals surface area contributed by atoms with Crippen LogP contribution in [0.5, 0.6) is 0 Å². The van der Waals surface area contributed by atoms with Crippen molar-refractivity contribution in [2.75, 3.05) is 31.1 Å². The molecular formula is C19H28N4O2. The van der Waals surface area contributed by atoms with Gasteiger partial charge in [0.25, 0.3) is 0 Å². The van der Waals surface area contributed by atoms with Gasteiger partial charge in [0.1, 0.15) is 12.1 Å². The molecule has 0 bridgehead atoms. The number of anilines is 1. The Morgan fingerprint density at radius 3 is 2.72 bits per heavy atom. The molecule has 1 saturated carbocycles. The van der Waals surface area contributed by atoms with Gasteiger partial charge in [0.2, 0.25) is 5.91 Å². The smallest absolute Gasteiger partial charge is 0.225 e. The van der Waals surface area contributed by atoms with Crippen molar-refractivity contribution in [2.45, 2.75) is 51.0 Å². The van der Waals surface area contributed by atoms with Gasteiger partial charge in [-0.1, -0.05) is 12.8 Å². The first kappa shape index (κ1) is 16.8. The molecule has 4 rings (SSSR count). The van der Waals surface area contributed by atoms with E-state index in [1.54, 1.807) is 6.33 Å². The molecular weight excluding hydrogens is 316 g/mol. The molecule has 3 heterocycles. The number of aromatic nitrogens is 2. The molecule has 0 spiro atoms. The van der Waals surface area contributed by atoms with Crippen molar-refractivity contribution in [3.8, 4) is 0 Å². The van der Waals surface area contributed by atoms with Gasteiger partial charge in [-0.25, -0.2) is 9.97 Å². The van der Waals surface area contributed by atoms with Gasteiger partial charge in [-0.05, 0) is 32.6 Å². The van der Waals surface area contributed by atoms with E-state index in [1.807, 2.05) is 17.9 Å². The third-order valence-electron chi connectivity index (χ3n) is 6.40. The van der Waals surface area contributed by atoms with E-state index in [-0.39, 0.29) is 11.8 Å². The van der Waals surface area contributed by atoms with Crippen LogP contribution in [0.25, 0.3) is 0 Å². The summed E-state index contributed by atoms with van der Waals surface area (Å²) in [4.78, 5) is 25.6. The lowest BCUT2D eigenvalue weighted by molar-refractivity contribution is -0.145. The summed E-state index contributed by atoms with van der Waals surface area (Å²) >= 11 is 0. The van der Waals surface area contributed by atoms with E-state index < -0.39 is 5.60 Å². The number of aryl methyl sites for hydroxylation is 1. The van der Waals surface area contributed by atoms with Gasteiger partial charge in [-0.2, -0.15) is 0 Å². The summed E-state index contributed by atoms with van der Waals surface area (Å²) in [6, 6.07) is 1.99. The zero-order valence-corrected chi connectivity index (χ0v) is 15.0. The van der Waals surface area contributed by atoms with Crippen LogP contribution in [0.2, 0.25) is 0 Å². The maximum Gasteiger partial charge on any atom is 0.225 e. The first-order chi connectivity index (χ1) is 12.0. The molecule has 2 saturated heterocycles. The quantitative estimate of drug-likeness (QED) is 0.885. The Labute approximate surface area is 149 Å². The van der Waals surface area contributed by atoms with Crippen LogP contribution in [0.4, 0.5) is 5.82 Å². The second kappa shape index (κ2) is 6.56. The number of rotatable bonds is 2. The fraction of sp³-hybridized carbons (Fsp3) is 0.737. The van der Waals surface area contributed by atoms with Crippen LogP contribution in [0, 0.1) is 18.8 Å². The number of nitrogens with zero attached hydrogens (tertiary/aromatic N) is 4. The number of carbonyl (C=O) groups is 1. The van der Waals surface area contributed by atoms with E-state index in [2.05, 4.69) is 14.9 Å². The van der Waals surface area contributed by atoms with Crippen molar-refractivity contribution >= 4 is 11.7 Å². The van der Waals surface area contributed by atoms with E-state index in [0.717, 1.165) is 43.9 Å². The fourth-order valence-corrected chi connectivity index (χ4v) is 4.76. The van der Waals surface area contributed by atoms with Crippen LogP contribution in [-0.2, 0) is 4.79 Å². The zero-order valence-electron chi connectivity index (χ0n) is 15.0. The minimum absolute atomic E-state index is 0.0932. The number of likely N-dealkylation sites (tertiary alicyclic amines) is 1. The van der Waals surface area contributed by atoms with Crippen LogP contribution in [0.15, 0.2) is 12.4 Å². The van der Waals surface area contributed by atoms with E-state index in [1.165, 1.54) is 12.8 Å². The second-order valence-electron chi connectivity index (χ2n) is 8.03. The minimum atomic E-state index is -0.634. The number of fused-ring (bicyclic) bond motifs is 1. The summed E-state index contributed by atoms with van der Waals surface area (Å²) in [7, 11) is 0. The van der Waals surface area contributed by atoms with Gasteiger partial charge in [0.05, 0.1) is 5.60 Å². The number of amides is 1. The summed E-state index contributed by atoms with van der Waals surface area (Å²) in [5.74, 6) is 1.55. The monoisotopic (exact) mass is 344 g/mol. The summed E-state index contributed by atoms with van der Waals surface area (Å²) in [5, 5.41) is 11.1. The third kappa shape index (κ3) is 3.24. The molecule has 1 aliphatic carbocycles. The highest BCUT2D eigenvalue weighted by Gasteiger charge is 2.46. The van der Waals surface area contributed by atoms with E-state index >= 15 is 0 Å². The van der Waals surface area contributed by atoms with Gasteiger partial charge in [-0.3, -0.25) is 4.79 Å². The molecule has 2 aliphatic heterocycles. The van der Waals surface area contributed by atoms with Crippen molar-refractivity contribution in [1.29, 1.82) is 0 Å². The lowest BCUT2D eigenvalue weighted by atomic mass is 9.75. The Kier molecular flexibility index (Phi) is 4.40. The number of carbonyl (C=O) groups excluding carboxylic acids is 1. The molecule has 25 heavy (non-hydrogen) atoms. The van der Waals surface area contributed by atoms with Crippen molar-refractivity contribution in [3.63, 3.8) is 0 Å². The largest absolute Gasteiger partial charge is 0.389 e. The number of piperidine rings is 2. The van der Waals surface area contributed by atoms with Crippen LogP contribution in [0.3, 0.4) is 0 Å². The Bertz CT molecular complexity index is 646. The molecule has 2 atom stereocenters. The van der Waals surface area contributed by atoms with E-state index in [9.17, 15) is 9.90 Å². The molecule has 136 valence electrons. The molecule has 1 aromatic rings. The number of hydrogen-bond donors (Lipinski definition) is 1. The number of aliphatic hydroxyl groups is 1. The van der Waals surface area contributed by atoms with Gasteiger partial charge >= 0.3 is 0 Å². The fourth-order valence-electron chi connectivity index (χ4n) is 4.76. The first-order valence-electron chi connectivity index (χ1n) is 9.60. The average molecular weight is 344 g/mol. The molecule has 1 amide bonds. The van der Waals surface area contributed by atoms with Crippen LogP contribution in [0.1, 0.15) is 44.2 Å². The van der Waals surface area contributed by atoms with Gasteiger partial charge in [0.15, 0.2) is 0 Å². The summed E-state index contributed by atoms with van der Waals surface area (Å²) in [5.41, 5.74) is 0.318. The standard InChI is InChI=1S/C19H28N4O2/c1-14-10-17(21-13-20-14)22-8-6-19(25)7-9-23(12-16(19)11-22)18(24)15-4-2-3-5-15/h10,13,15-16,25H,2-9,11-12H2,1H3. The van der Waals surface area contributed by atoms with Crippen molar-refractivity contribution in [1.82, 2.24) is 14.9 Å².